The predicted octanol–water partition coefficient (Wildman–Crippen LogP) is 4.41. The molecule has 6 heterocycles. The van der Waals surface area contributed by atoms with E-state index in [0.717, 1.165) is 22.1 Å². The zero-order valence-electron chi connectivity index (χ0n) is 22.6. The minimum absolute atomic E-state index is 0.0968. The standard InChI is InChI=1S/C32H26N8O2/c41-31(27-13-5-11-25(33-27)29-35-21-7-1-2-8-22(21)36-29)39-15-19-17-40(18-20(19)16-39)32(42)28-14-6-12-26(34-28)30-37-23-9-3-4-10-24(23)38-30/h1-14,19-20H,15-18H2,(H,35,36)(H,37,38)/t19-,20+. The molecular weight excluding hydrogens is 528 g/mol. The monoisotopic (exact) mass is 554 g/mol. The van der Waals surface area contributed by atoms with E-state index in [9.17, 15) is 9.59 Å². The van der Waals surface area contributed by atoms with Crippen molar-refractivity contribution in [2.75, 3.05) is 26.2 Å². The molecular formula is C32H26N8O2. The summed E-state index contributed by atoms with van der Waals surface area (Å²) >= 11 is 0. The fraction of sp³-hybridized carbons (Fsp3) is 0.188. The summed E-state index contributed by atoms with van der Waals surface area (Å²) < 4.78 is 0. The average Bonchev–Trinajstić information content (AvgIpc) is 3.82. The number of aromatic amines is 2. The summed E-state index contributed by atoms with van der Waals surface area (Å²) in [6, 6.07) is 26.5. The molecule has 0 unspecified atom stereocenters. The summed E-state index contributed by atoms with van der Waals surface area (Å²) in [7, 11) is 0. The van der Waals surface area contributed by atoms with E-state index < -0.39 is 0 Å². The molecule has 8 rings (SSSR count). The van der Waals surface area contributed by atoms with Crippen LogP contribution in [0.15, 0.2) is 84.9 Å². The molecule has 2 aliphatic heterocycles. The van der Waals surface area contributed by atoms with Gasteiger partial charge in [0.15, 0.2) is 11.6 Å². The Bertz CT molecular complexity index is 1770. The predicted molar refractivity (Wildman–Crippen MR) is 157 cm³/mol. The molecule has 0 spiro atoms. The van der Waals surface area contributed by atoms with E-state index in [1.165, 1.54) is 0 Å². The van der Waals surface area contributed by atoms with E-state index >= 15 is 0 Å². The van der Waals surface area contributed by atoms with Crippen LogP contribution in [0.4, 0.5) is 0 Å². The summed E-state index contributed by atoms with van der Waals surface area (Å²) in [4.78, 5) is 55.7. The maximum atomic E-state index is 13.4. The molecule has 2 amide bonds. The van der Waals surface area contributed by atoms with Crippen LogP contribution in [0.2, 0.25) is 0 Å². The lowest BCUT2D eigenvalue weighted by Crippen LogP contribution is -2.36. The van der Waals surface area contributed by atoms with Gasteiger partial charge in [0.05, 0.1) is 22.1 Å². The van der Waals surface area contributed by atoms with Crippen LogP contribution in [0.1, 0.15) is 21.0 Å². The van der Waals surface area contributed by atoms with Gasteiger partial charge in [-0.05, 0) is 48.5 Å². The van der Waals surface area contributed by atoms with Crippen molar-refractivity contribution < 1.29 is 9.59 Å². The van der Waals surface area contributed by atoms with Gasteiger partial charge in [-0.1, -0.05) is 36.4 Å². The van der Waals surface area contributed by atoms with E-state index in [1.54, 1.807) is 12.1 Å². The second kappa shape index (κ2) is 9.62. The number of imidazole rings is 2. The first-order chi connectivity index (χ1) is 20.6. The van der Waals surface area contributed by atoms with E-state index in [1.807, 2.05) is 82.6 Å². The lowest BCUT2D eigenvalue weighted by molar-refractivity contribution is 0.0732. The Labute approximate surface area is 240 Å². The van der Waals surface area contributed by atoms with Crippen molar-refractivity contribution in [1.82, 2.24) is 39.7 Å². The fourth-order valence-corrected chi connectivity index (χ4v) is 6.17. The first-order valence-electron chi connectivity index (χ1n) is 14.0. The zero-order valence-corrected chi connectivity index (χ0v) is 22.6. The Balaban J connectivity index is 0.947. The van der Waals surface area contributed by atoms with E-state index in [4.69, 9.17) is 0 Å². The number of carbonyl (C=O) groups excluding carboxylic acids is 2. The van der Waals surface area contributed by atoms with Gasteiger partial charge >= 0.3 is 0 Å². The molecule has 0 radical (unpaired) electrons. The summed E-state index contributed by atoms with van der Waals surface area (Å²) in [5, 5.41) is 0. The second-order valence-electron chi connectivity index (χ2n) is 11.0. The summed E-state index contributed by atoms with van der Waals surface area (Å²) in [6.45, 7) is 2.37. The van der Waals surface area contributed by atoms with Gasteiger partial charge in [-0.2, -0.15) is 0 Å². The number of hydrogen-bond acceptors (Lipinski definition) is 6. The zero-order chi connectivity index (χ0) is 28.2. The normalized spacial score (nSPS) is 18.2. The largest absolute Gasteiger partial charge is 0.337 e. The lowest BCUT2D eigenvalue weighted by atomic mass is 10.0. The Kier molecular flexibility index (Phi) is 5.59. The fourth-order valence-electron chi connectivity index (χ4n) is 6.17. The number of carbonyl (C=O) groups is 2. The van der Waals surface area contributed by atoms with Crippen LogP contribution in [0.25, 0.3) is 45.1 Å². The third-order valence-corrected chi connectivity index (χ3v) is 8.26. The number of amides is 2. The highest BCUT2D eigenvalue weighted by atomic mass is 16.2. The van der Waals surface area contributed by atoms with Crippen molar-refractivity contribution in [2.24, 2.45) is 11.8 Å². The highest BCUT2D eigenvalue weighted by Gasteiger charge is 2.43. The molecule has 6 aromatic rings. The molecule has 0 bridgehead atoms. The number of aromatic nitrogens is 6. The summed E-state index contributed by atoms with van der Waals surface area (Å²) in [6.07, 6.45) is 0. The van der Waals surface area contributed by atoms with Crippen molar-refractivity contribution in [3.8, 4) is 23.0 Å². The molecule has 2 fully saturated rings. The van der Waals surface area contributed by atoms with Crippen LogP contribution >= 0.6 is 0 Å². The van der Waals surface area contributed by atoms with Crippen LogP contribution < -0.4 is 0 Å². The van der Waals surface area contributed by atoms with Gasteiger partial charge in [0, 0.05) is 38.0 Å². The minimum atomic E-state index is -0.0968. The number of likely N-dealkylation sites (tertiary alicyclic amines) is 2. The number of fused-ring (bicyclic) bond motifs is 3. The van der Waals surface area contributed by atoms with Crippen LogP contribution in [0.5, 0.6) is 0 Å². The maximum absolute atomic E-state index is 13.4. The Morgan fingerprint density at radius 2 is 0.976 bits per heavy atom. The van der Waals surface area contributed by atoms with Gasteiger partial charge in [0.2, 0.25) is 0 Å². The summed E-state index contributed by atoms with van der Waals surface area (Å²) in [5.74, 6) is 1.51. The molecule has 0 saturated carbocycles. The van der Waals surface area contributed by atoms with Gasteiger partial charge in [0.1, 0.15) is 22.8 Å². The highest BCUT2D eigenvalue weighted by Crippen LogP contribution is 2.33. The third kappa shape index (κ3) is 4.19. The molecule has 2 aromatic carbocycles. The molecule has 4 aromatic heterocycles. The van der Waals surface area contributed by atoms with Crippen molar-refractivity contribution in [2.45, 2.75) is 0 Å². The molecule has 2 N–H and O–H groups in total. The van der Waals surface area contributed by atoms with Gasteiger partial charge in [0.25, 0.3) is 11.8 Å². The van der Waals surface area contributed by atoms with Crippen LogP contribution in [0.3, 0.4) is 0 Å². The smallest absolute Gasteiger partial charge is 0.272 e. The molecule has 10 heteroatoms. The van der Waals surface area contributed by atoms with Crippen molar-refractivity contribution >= 4 is 33.9 Å². The lowest BCUT2D eigenvalue weighted by Gasteiger charge is -2.21. The molecule has 0 atom stereocenters. The van der Waals surface area contributed by atoms with Gasteiger partial charge < -0.3 is 19.8 Å². The number of para-hydroxylation sites is 4. The van der Waals surface area contributed by atoms with Gasteiger partial charge in [-0.3, -0.25) is 9.59 Å². The molecule has 42 heavy (non-hydrogen) atoms. The highest BCUT2D eigenvalue weighted by molar-refractivity contribution is 5.94. The van der Waals surface area contributed by atoms with Gasteiger partial charge in [-0.25, -0.2) is 19.9 Å². The number of hydrogen-bond donors (Lipinski definition) is 2. The van der Waals surface area contributed by atoms with Crippen molar-refractivity contribution in [3.63, 3.8) is 0 Å². The number of H-pyrrole nitrogens is 2. The second-order valence-corrected chi connectivity index (χ2v) is 11.0. The quantitative estimate of drug-likeness (QED) is 0.333. The van der Waals surface area contributed by atoms with Crippen molar-refractivity contribution in [1.29, 1.82) is 0 Å². The van der Waals surface area contributed by atoms with E-state index in [-0.39, 0.29) is 23.7 Å². The van der Waals surface area contributed by atoms with Crippen LogP contribution in [0, 0.1) is 11.8 Å². The first kappa shape index (κ1) is 24.4. The van der Waals surface area contributed by atoms with E-state index in [0.29, 0.717) is 60.6 Å². The molecule has 0 aliphatic carbocycles. The minimum Gasteiger partial charge on any atom is -0.337 e. The van der Waals surface area contributed by atoms with Crippen LogP contribution in [-0.2, 0) is 0 Å². The summed E-state index contributed by atoms with van der Waals surface area (Å²) in [5.41, 5.74) is 5.61. The number of rotatable bonds is 4. The Hall–Kier alpha value is -5.38. The topological polar surface area (TPSA) is 124 Å². The Morgan fingerprint density at radius 3 is 1.40 bits per heavy atom. The third-order valence-electron chi connectivity index (χ3n) is 8.26. The van der Waals surface area contributed by atoms with Crippen LogP contribution in [-0.4, -0.2) is 77.7 Å². The number of pyridine rings is 2. The SMILES string of the molecule is O=C(c1cccc(-c2nc3ccccc3[nH]2)n1)N1C[C@H]2CN(C(=O)c3cccc(-c4nc5ccccc5[nH]4)n3)C[C@H]2C1. The molecule has 10 nitrogen and oxygen atoms in total. The maximum Gasteiger partial charge on any atom is 0.272 e. The number of nitrogens with one attached hydrogen (secondary N) is 2. The molecule has 2 aliphatic rings. The molecule has 206 valence electrons. The van der Waals surface area contributed by atoms with E-state index in [2.05, 4.69) is 29.9 Å². The number of benzene rings is 2. The number of nitrogens with zero attached hydrogens (tertiary/aromatic N) is 6. The first-order valence-corrected chi connectivity index (χ1v) is 14.0. The van der Waals surface area contributed by atoms with Gasteiger partial charge in [-0.15, -0.1) is 0 Å². The average molecular weight is 555 g/mol. The Morgan fingerprint density at radius 1 is 0.548 bits per heavy atom. The van der Waals surface area contributed by atoms with Crippen molar-refractivity contribution in [3.05, 3.63) is 96.3 Å². The molecule has 2 saturated heterocycles.